The summed E-state index contributed by atoms with van der Waals surface area (Å²) in [5.74, 6) is 0. The highest BCUT2D eigenvalue weighted by molar-refractivity contribution is 9.10. The molecule has 0 bridgehead atoms. The van der Waals surface area contributed by atoms with Gasteiger partial charge < -0.3 is 10.1 Å². The van der Waals surface area contributed by atoms with Gasteiger partial charge >= 0.3 is 0 Å². The molecule has 0 saturated heterocycles. The minimum atomic E-state index is 0.162. The van der Waals surface area contributed by atoms with E-state index < -0.39 is 0 Å². The summed E-state index contributed by atoms with van der Waals surface area (Å²) >= 11 is 3.49. The van der Waals surface area contributed by atoms with E-state index in [9.17, 15) is 0 Å². The fourth-order valence-electron chi connectivity index (χ4n) is 2.24. The maximum absolute atomic E-state index is 6.22. The van der Waals surface area contributed by atoms with E-state index >= 15 is 0 Å². The molecule has 106 valence electrons. The normalized spacial score (nSPS) is 18.3. The van der Waals surface area contributed by atoms with E-state index in [0.717, 1.165) is 23.5 Å². The third-order valence-corrected chi connectivity index (χ3v) is 4.03. The highest BCUT2D eigenvalue weighted by Gasteiger charge is 2.23. The van der Waals surface area contributed by atoms with Crippen LogP contribution in [0.1, 0.15) is 51.2 Å². The summed E-state index contributed by atoms with van der Waals surface area (Å²) in [6, 6.07) is 9.22. The molecule has 2 atom stereocenters. The first-order valence-corrected chi connectivity index (χ1v) is 8.12. The van der Waals surface area contributed by atoms with Crippen molar-refractivity contribution in [3.05, 3.63) is 34.3 Å². The van der Waals surface area contributed by atoms with E-state index in [2.05, 4.69) is 59.4 Å². The second-order valence-electron chi connectivity index (χ2n) is 5.46. The van der Waals surface area contributed by atoms with E-state index in [0.29, 0.717) is 6.10 Å². The maximum Gasteiger partial charge on any atom is 0.0952 e. The Morgan fingerprint density at radius 1 is 1.32 bits per heavy atom. The third-order valence-electron chi connectivity index (χ3n) is 3.50. The van der Waals surface area contributed by atoms with Crippen LogP contribution in [0.2, 0.25) is 0 Å². The Morgan fingerprint density at radius 3 is 2.58 bits per heavy atom. The Morgan fingerprint density at radius 2 is 2.00 bits per heavy atom. The molecule has 0 amide bonds. The molecular formula is C16H24BrNO. The van der Waals surface area contributed by atoms with Crippen molar-refractivity contribution in [3.63, 3.8) is 0 Å². The molecule has 1 saturated carbocycles. The third kappa shape index (κ3) is 5.25. The van der Waals surface area contributed by atoms with E-state index in [1.807, 2.05) is 0 Å². The van der Waals surface area contributed by atoms with Gasteiger partial charge in [0.25, 0.3) is 0 Å². The van der Waals surface area contributed by atoms with Gasteiger partial charge in [-0.2, -0.15) is 0 Å². The monoisotopic (exact) mass is 325 g/mol. The molecule has 0 spiro atoms. The van der Waals surface area contributed by atoms with Crippen LogP contribution in [-0.2, 0) is 4.74 Å². The van der Waals surface area contributed by atoms with Crippen molar-refractivity contribution in [1.29, 1.82) is 0 Å². The van der Waals surface area contributed by atoms with Gasteiger partial charge in [-0.1, -0.05) is 41.4 Å². The van der Waals surface area contributed by atoms with Gasteiger partial charge in [0.2, 0.25) is 0 Å². The summed E-state index contributed by atoms with van der Waals surface area (Å²) in [5, 5.41) is 3.58. The highest BCUT2D eigenvalue weighted by Crippen LogP contribution is 2.25. The zero-order chi connectivity index (χ0) is 13.7. The summed E-state index contributed by atoms with van der Waals surface area (Å²) in [5.41, 5.74) is 1.26. The van der Waals surface area contributed by atoms with Crippen molar-refractivity contribution in [2.45, 2.75) is 57.8 Å². The summed E-state index contributed by atoms with van der Waals surface area (Å²) in [7, 11) is 0. The molecule has 1 fully saturated rings. The second kappa shape index (κ2) is 7.41. The number of ether oxygens (including phenoxy) is 1. The zero-order valence-corrected chi connectivity index (χ0v) is 13.4. The van der Waals surface area contributed by atoms with Crippen LogP contribution in [0.4, 0.5) is 0 Å². The SMILES string of the molecule is CCCC(C)OC(CNC1CC1)c1ccc(Br)cc1. The van der Waals surface area contributed by atoms with E-state index in [1.54, 1.807) is 0 Å². The predicted octanol–water partition coefficient (Wildman–Crippen LogP) is 4.45. The van der Waals surface area contributed by atoms with Gasteiger partial charge in [0.15, 0.2) is 0 Å². The number of hydrogen-bond acceptors (Lipinski definition) is 2. The molecule has 1 N–H and O–H groups in total. The molecule has 3 heteroatoms. The van der Waals surface area contributed by atoms with Crippen molar-refractivity contribution >= 4 is 15.9 Å². The lowest BCUT2D eigenvalue weighted by molar-refractivity contribution is -0.00740. The van der Waals surface area contributed by atoms with Crippen molar-refractivity contribution in [1.82, 2.24) is 5.32 Å². The average Bonchev–Trinajstić information content (AvgIpc) is 3.20. The van der Waals surface area contributed by atoms with Crippen LogP contribution in [0.3, 0.4) is 0 Å². The standard InChI is InChI=1S/C16H24BrNO/c1-3-4-12(2)19-16(11-18-15-9-10-15)13-5-7-14(17)8-6-13/h5-8,12,15-16,18H,3-4,9-11H2,1-2H3. The number of hydrogen-bond donors (Lipinski definition) is 1. The molecule has 0 aromatic heterocycles. The van der Waals surface area contributed by atoms with E-state index in [4.69, 9.17) is 4.74 Å². The molecular weight excluding hydrogens is 302 g/mol. The van der Waals surface area contributed by atoms with E-state index in [1.165, 1.54) is 24.8 Å². The molecule has 0 aliphatic heterocycles. The second-order valence-corrected chi connectivity index (χ2v) is 6.37. The molecule has 0 radical (unpaired) electrons. The Labute approximate surface area is 125 Å². The fourth-order valence-corrected chi connectivity index (χ4v) is 2.50. The molecule has 0 heterocycles. The van der Waals surface area contributed by atoms with Crippen molar-refractivity contribution < 1.29 is 4.74 Å². The highest BCUT2D eigenvalue weighted by atomic mass is 79.9. The predicted molar refractivity (Wildman–Crippen MR) is 83.4 cm³/mol. The lowest BCUT2D eigenvalue weighted by Crippen LogP contribution is -2.27. The first kappa shape index (κ1) is 15.0. The molecule has 2 unspecified atom stereocenters. The van der Waals surface area contributed by atoms with Crippen LogP contribution < -0.4 is 5.32 Å². The van der Waals surface area contributed by atoms with Crippen LogP contribution in [0.25, 0.3) is 0 Å². The molecule has 1 aliphatic carbocycles. The van der Waals surface area contributed by atoms with Crippen LogP contribution in [0.15, 0.2) is 28.7 Å². The van der Waals surface area contributed by atoms with Gasteiger partial charge in [0.05, 0.1) is 12.2 Å². The largest absolute Gasteiger partial charge is 0.369 e. The minimum absolute atomic E-state index is 0.162. The first-order valence-electron chi connectivity index (χ1n) is 7.33. The summed E-state index contributed by atoms with van der Waals surface area (Å²) < 4.78 is 7.33. The smallest absolute Gasteiger partial charge is 0.0952 e. The topological polar surface area (TPSA) is 21.3 Å². The summed E-state index contributed by atoms with van der Waals surface area (Å²) in [6.07, 6.45) is 5.41. The van der Waals surface area contributed by atoms with Gasteiger partial charge in [-0.3, -0.25) is 0 Å². The Bertz CT molecular complexity index is 375. The van der Waals surface area contributed by atoms with Crippen LogP contribution in [0, 0.1) is 0 Å². The molecule has 19 heavy (non-hydrogen) atoms. The van der Waals surface area contributed by atoms with Crippen LogP contribution >= 0.6 is 15.9 Å². The van der Waals surface area contributed by atoms with Gasteiger partial charge in [-0.05, 0) is 43.9 Å². The van der Waals surface area contributed by atoms with Crippen LogP contribution in [0.5, 0.6) is 0 Å². The molecule has 1 aliphatic rings. The van der Waals surface area contributed by atoms with E-state index in [-0.39, 0.29) is 6.10 Å². The maximum atomic E-state index is 6.22. The Hall–Kier alpha value is -0.380. The molecule has 2 nitrogen and oxygen atoms in total. The fraction of sp³-hybridized carbons (Fsp3) is 0.625. The Balaban J connectivity index is 1.96. The average molecular weight is 326 g/mol. The van der Waals surface area contributed by atoms with Crippen molar-refractivity contribution in [3.8, 4) is 0 Å². The lowest BCUT2D eigenvalue weighted by Gasteiger charge is -2.23. The summed E-state index contributed by atoms with van der Waals surface area (Å²) in [6.45, 7) is 5.30. The first-order chi connectivity index (χ1) is 9.19. The number of benzene rings is 1. The van der Waals surface area contributed by atoms with Gasteiger partial charge in [0.1, 0.15) is 0 Å². The Kier molecular flexibility index (Phi) is 5.86. The zero-order valence-electron chi connectivity index (χ0n) is 11.9. The lowest BCUT2D eigenvalue weighted by atomic mass is 10.1. The van der Waals surface area contributed by atoms with Crippen LogP contribution in [-0.4, -0.2) is 18.7 Å². The number of halogens is 1. The minimum Gasteiger partial charge on any atom is -0.369 e. The van der Waals surface area contributed by atoms with Gasteiger partial charge in [0, 0.05) is 17.1 Å². The van der Waals surface area contributed by atoms with Crippen molar-refractivity contribution in [2.24, 2.45) is 0 Å². The number of rotatable bonds is 8. The molecule has 1 aromatic rings. The quantitative estimate of drug-likeness (QED) is 0.762. The number of nitrogens with one attached hydrogen (secondary N) is 1. The molecule has 2 rings (SSSR count). The van der Waals surface area contributed by atoms with Crippen molar-refractivity contribution in [2.75, 3.05) is 6.54 Å². The summed E-state index contributed by atoms with van der Waals surface area (Å²) in [4.78, 5) is 0. The molecule has 1 aromatic carbocycles. The van der Waals surface area contributed by atoms with Gasteiger partial charge in [-0.25, -0.2) is 0 Å². The van der Waals surface area contributed by atoms with Gasteiger partial charge in [-0.15, -0.1) is 0 Å².